The molecule has 0 fully saturated rings. The monoisotopic (exact) mass is 363 g/mol. The Hall–Kier alpha value is -2.87. The summed E-state index contributed by atoms with van der Waals surface area (Å²) < 4.78 is 32.4. The molecule has 0 aliphatic carbocycles. The van der Waals surface area contributed by atoms with Gasteiger partial charge in [-0.15, -0.1) is 0 Å². The molecule has 2 N–H and O–H groups in total. The Bertz CT molecular complexity index is 950. The normalized spacial score (nSPS) is 11.0. The van der Waals surface area contributed by atoms with Crippen LogP contribution in [-0.2, 0) is 14.8 Å². The van der Waals surface area contributed by atoms with Crippen molar-refractivity contribution in [3.8, 4) is 0 Å². The highest BCUT2D eigenvalue weighted by Crippen LogP contribution is 2.24. The molecular formula is C17H17NO6S. The van der Waals surface area contributed by atoms with Gasteiger partial charge in [-0.25, -0.2) is 18.0 Å². The van der Waals surface area contributed by atoms with Gasteiger partial charge in [0.2, 0.25) is 0 Å². The van der Waals surface area contributed by atoms with E-state index in [1.54, 1.807) is 13.8 Å². The summed E-state index contributed by atoms with van der Waals surface area (Å²) in [7, 11) is -2.82. The van der Waals surface area contributed by atoms with Gasteiger partial charge >= 0.3 is 11.9 Å². The number of nitrogens with one attached hydrogen (secondary N) is 1. The van der Waals surface area contributed by atoms with Crippen LogP contribution in [0.5, 0.6) is 0 Å². The maximum atomic E-state index is 12.7. The maximum Gasteiger partial charge on any atom is 0.337 e. The number of carboxylic acids is 1. The van der Waals surface area contributed by atoms with Crippen LogP contribution in [0.4, 0.5) is 5.69 Å². The van der Waals surface area contributed by atoms with E-state index in [1.807, 2.05) is 0 Å². The van der Waals surface area contributed by atoms with E-state index in [2.05, 4.69) is 9.46 Å². The SMILES string of the molecule is COC(=O)c1ccc(C)c(S(=O)(=O)Nc2cc(C(=O)O)ccc2C)c1. The van der Waals surface area contributed by atoms with E-state index in [-0.39, 0.29) is 21.7 Å². The van der Waals surface area contributed by atoms with Crippen molar-refractivity contribution in [2.24, 2.45) is 0 Å². The Morgan fingerprint density at radius 3 is 2.20 bits per heavy atom. The van der Waals surface area contributed by atoms with Crippen molar-refractivity contribution in [1.82, 2.24) is 0 Å². The predicted octanol–water partition coefficient (Wildman–Crippen LogP) is 2.59. The first-order valence-corrected chi connectivity index (χ1v) is 8.70. The number of carbonyl (C=O) groups excluding carboxylic acids is 1. The highest BCUT2D eigenvalue weighted by atomic mass is 32.2. The van der Waals surface area contributed by atoms with Gasteiger partial charge in [0, 0.05) is 0 Å². The Morgan fingerprint density at radius 2 is 1.60 bits per heavy atom. The highest BCUT2D eigenvalue weighted by Gasteiger charge is 2.21. The minimum Gasteiger partial charge on any atom is -0.478 e. The molecule has 0 atom stereocenters. The number of carboxylic acid groups (broad SMARTS) is 1. The van der Waals surface area contributed by atoms with Crippen molar-refractivity contribution in [2.45, 2.75) is 18.7 Å². The molecule has 0 spiro atoms. The zero-order chi connectivity index (χ0) is 18.8. The molecule has 8 heteroatoms. The molecule has 0 aliphatic heterocycles. The first kappa shape index (κ1) is 18.5. The fourth-order valence-electron chi connectivity index (χ4n) is 2.20. The second kappa shape index (κ2) is 6.94. The average Bonchev–Trinajstić information content (AvgIpc) is 2.56. The Labute approximate surface area is 145 Å². The minimum atomic E-state index is -4.02. The third kappa shape index (κ3) is 3.97. The van der Waals surface area contributed by atoms with E-state index < -0.39 is 22.0 Å². The fourth-order valence-corrected chi connectivity index (χ4v) is 3.59. The Morgan fingerprint density at radius 1 is 1.00 bits per heavy atom. The zero-order valence-corrected chi connectivity index (χ0v) is 14.7. The second-order valence-electron chi connectivity index (χ2n) is 5.41. The summed E-state index contributed by atoms with van der Waals surface area (Å²) in [6.07, 6.45) is 0. The first-order chi connectivity index (χ1) is 11.7. The van der Waals surface area contributed by atoms with Gasteiger partial charge in [-0.1, -0.05) is 12.1 Å². The van der Waals surface area contributed by atoms with Crippen molar-refractivity contribution in [3.05, 3.63) is 58.7 Å². The van der Waals surface area contributed by atoms with Crippen LogP contribution in [0.15, 0.2) is 41.3 Å². The molecule has 132 valence electrons. The summed E-state index contributed by atoms with van der Waals surface area (Å²) in [5.41, 5.74) is 1.22. The molecule has 0 aromatic heterocycles. The molecule has 7 nitrogen and oxygen atoms in total. The van der Waals surface area contributed by atoms with E-state index in [4.69, 9.17) is 5.11 Å². The van der Waals surface area contributed by atoms with Gasteiger partial charge in [0.15, 0.2) is 0 Å². The van der Waals surface area contributed by atoms with E-state index in [0.29, 0.717) is 11.1 Å². The summed E-state index contributed by atoms with van der Waals surface area (Å²) in [4.78, 5) is 22.6. The lowest BCUT2D eigenvalue weighted by molar-refractivity contribution is 0.0599. The molecule has 0 bridgehead atoms. The first-order valence-electron chi connectivity index (χ1n) is 7.21. The third-order valence-electron chi connectivity index (χ3n) is 3.63. The Balaban J connectivity index is 2.48. The number of benzene rings is 2. The summed E-state index contributed by atoms with van der Waals surface area (Å²) in [6, 6.07) is 8.34. The van der Waals surface area contributed by atoms with Crippen LogP contribution in [0.1, 0.15) is 31.8 Å². The molecule has 2 aromatic rings. The molecule has 2 rings (SSSR count). The zero-order valence-electron chi connectivity index (χ0n) is 13.9. The number of ether oxygens (including phenoxy) is 1. The molecule has 25 heavy (non-hydrogen) atoms. The van der Waals surface area contributed by atoms with Gasteiger partial charge in [0.05, 0.1) is 28.8 Å². The smallest absolute Gasteiger partial charge is 0.337 e. The van der Waals surface area contributed by atoms with E-state index >= 15 is 0 Å². The van der Waals surface area contributed by atoms with Crippen molar-refractivity contribution >= 4 is 27.6 Å². The van der Waals surface area contributed by atoms with Gasteiger partial charge < -0.3 is 9.84 Å². The topological polar surface area (TPSA) is 110 Å². The molecular weight excluding hydrogens is 346 g/mol. The van der Waals surface area contributed by atoms with Crippen LogP contribution < -0.4 is 4.72 Å². The molecule has 0 aliphatic rings. The van der Waals surface area contributed by atoms with E-state index in [1.165, 1.54) is 43.5 Å². The number of aryl methyl sites for hydroxylation is 2. The van der Waals surface area contributed by atoms with Crippen molar-refractivity contribution in [2.75, 3.05) is 11.8 Å². The predicted molar refractivity (Wildman–Crippen MR) is 91.5 cm³/mol. The van der Waals surface area contributed by atoms with Crippen molar-refractivity contribution < 1.29 is 27.9 Å². The third-order valence-corrected chi connectivity index (χ3v) is 5.14. The number of hydrogen-bond acceptors (Lipinski definition) is 5. The summed E-state index contributed by atoms with van der Waals surface area (Å²) in [5, 5.41) is 9.06. The van der Waals surface area contributed by atoms with Crippen LogP contribution in [0.3, 0.4) is 0 Å². The number of carbonyl (C=O) groups is 2. The van der Waals surface area contributed by atoms with Crippen LogP contribution in [0.2, 0.25) is 0 Å². The molecule has 0 radical (unpaired) electrons. The summed E-state index contributed by atoms with van der Waals surface area (Å²) >= 11 is 0. The van der Waals surface area contributed by atoms with Gasteiger partial charge in [0.25, 0.3) is 10.0 Å². The standard InChI is InChI=1S/C17H17NO6S/c1-10-4-6-12(16(19)20)8-14(10)18-25(22,23)15-9-13(17(21)24-3)7-5-11(15)2/h4-9,18H,1-3H3,(H,19,20). The second-order valence-corrected chi connectivity index (χ2v) is 7.06. The van der Waals surface area contributed by atoms with Gasteiger partial charge in [-0.3, -0.25) is 4.72 Å². The molecule has 2 aromatic carbocycles. The van der Waals surface area contributed by atoms with E-state index in [9.17, 15) is 18.0 Å². The van der Waals surface area contributed by atoms with Crippen molar-refractivity contribution in [3.63, 3.8) is 0 Å². The Kier molecular flexibility index (Phi) is 5.13. The lowest BCUT2D eigenvalue weighted by Gasteiger charge is -2.13. The van der Waals surface area contributed by atoms with Crippen LogP contribution in [0, 0.1) is 13.8 Å². The maximum absolute atomic E-state index is 12.7. The number of aromatic carboxylic acids is 1. The summed E-state index contributed by atoms with van der Waals surface area (Å²) in [6.45, 7) is 3.25. The number of esters is 1. The fraction of sp³-hybridized carbons (Fsp3) is 0.176. The number of methoxy groups -OCH3 is 1. The molecule has 0 heterocycles. The largest absolute Gasteiger partial charge is 0.478 e. The average molecular weight is 363 g/mol. The quantitative estimate of drug-likeness (QED) is 0.790. The van der Waals surface area contributed by atoms with Crippen molar-refractivity contribution in [1.29, 1.82) is 0 Å². The summed E-state index contributed by atoms with van der Waals surface area (Å²) in [5.74, 6) is -1.81. The lowest BCUT2D eigenvalue weighted by atomic mass is 10.1. The number of anilines is 1. The highest BCUT2D eigenvalue weighted by molar-refractivity contribution is 7.92. The van der Waals surface area contributed by atoms with Crippen LogP contribution in [0.25, 0.3) is 0 Å². The minimum absolute atomic E-state index is 0.0386. The molecule has 0 saturated heterocycles. The van der Waals surface area contributed by atoms with Crippen LogP contribution >= 0.6 is 0 Å². The van der Waals surface area contributed by atoms with Gasteiger partial charge in [0.1, 0.15) is 0 Å². The number of hydrogen-bond donors (Lipinski definition) is 2. The molecule has 0 amide bonds. The molecule has 0 saturated carbocycles. The van der Waals surface area contributed by atoms with Gasteiger partial charge in [-0.05, 0) is 49.2 Å². The number of sulfonamides is 1. The van der Waals surface area contributed by atoms with Crippen LogP contribution in [-0.4, -0.2) is 32.6 Å². The molecule has 0 unspecified atom stereocenters. The van der Waals surface area contributed by atoms with E-state index in [0.717, 1.165) is 0 Å². The number of rotatable bonds is 5. The lowest BCUT2D eigenvalue weighted by Crippen LogP contribution is -2.16. The van der Waals surface area contributed by atoms with Gasteiger partial charge in [-0.2, -0.15) is 0 Å².